The Morgan fingerprint density at radius 2 is 1.67 bits per heavy atom. The molecular formula is C28H30FN5O4S. The fourth-order valence-electron chi connectivity index (χ4n) is 4.72. The first kappa shape index (κ1) is 26.6. The van der Waals surface area contributed by atoms with Crippen molar-refractivity contribution in [3.63, 3.8) is 0 Å². The summed E-state index contributed by atoms with van der Waals surface area (Å²) in [7, 11) is 0. The molecule has 39 heavy (non-hydrogen) atoms. The van der Waals surface area contributed by atoms with E-state index >= 15 is 0 Å². The molecule has 1 aromatic heterocycles. The highest BCUT2D eigenvalue weighted by Crippen LogP contribution is 2.28. The van der Waals surface area contributed by atoms with Gasteiger partial charge >= 0.3 is 6.03 Å². The number of hydrogen-bond acceptors (Lipinski definition) is 6. The Morgan fingerprint density at radius 1 is 0.846 bits per heavy atom. The molecule has 2 N–H and O–H groups in total. The summed E-state index contributed by atoms with van der Waals surface area (Å²) in [5.41, 5.74) is 1.92. The molecule has 2 aliphatic heterocycles. The lowest BCUT2D eigenvalue weighted by Crippen LogP contribution is -2.42. The minimum atomic E-state index is -0.486. The van der Waals surface area contributed by atoms with E-state index in [1.807, 2.05) is 17.5 Å². The second kappa shape index (κ2) is 12.3. The Hall–Kier alpha value is -3.96. The van der Waals surface area contributed by atoms with E-state index in [2.05, 4.69) is 15.5 Å². The largest absolute Gasteiger partial charge is 0.378 e. The van der Waals surface area contributed by atoms with Gasteiger partial charge in [0, 0.05) is 50.6 Å². The zero-order valence-electron chi connectivity index (χ0n) is 21.4. The van der Waals surface area contributed by atoms with Gasteiger partial charge in [-0.3, -0.25) is 9.59 Å². The van der Waals surface area contributed by atoms with Crippen molar-refractivity contribution in [1.29, 1.82) is 0 Å². The number of hydrogen-bond donors (Lipinski definition) is 2. The normalized spacial score (nSPS) is 16.0. The first-order chi connectivity index (χ1) is 19.0. The van der Waals surface area contributed by atoms with Crippen molar-refractivity contribution in [2.24, 2.45) is 0 Å². The molecule has 2 aromatic carbocycles. The van der Waals surface area contributed by atoms with Crippen LogP contribution in [0.15, 0.2) is 60.0 Å². The molecule has 5 rings (SSSR count). The molecule has 0 radical (unpaired) electrons. The molecule has 11 heteroatoms. The quantitative estimate of drug-likeness (QED) is 0.492. The summed E-state index contributed by atoms with van der Waals surface area (Å²) >= 11 is 1.35. The van der Waals surface area contributed by atoms with Crippen molar-refractivity contribution in [2.45, 2.75) is 6.42 Å². The van der Waals surface area contributed by atoms with E-state index in [1.165, 1.54) is 23.5 Å². The third-order valence-corrected chi connectivity index (χ3v) is 7.64. The molecule has 0 atom stereocenters. The van der Waals surface area contributed by atoms with Crippen LogP contribution < -0.4 is 15.5 Å². The van der Waals surface area contributed by atoms with Gasteiger partial charge in [-0.1, -0.05) is 18.2 Å². The van der Waals surface area contributed by atoms with Crippen molar-refractivity contribution >= 4 is 46.2 Å². The fourth-order valence-corrected chi connectivity index (χ4v) is 5.34. The molecular weight excluding hydrogens is 521 g/mol. The molecule has 2 saturated heterocycles. The number of nitrogens with zero attached hydrogens (tertiary/aromatic N) is 3. The van der Waals surface area contributed by atoms with Crippen LogP contribution in [-0.2, 0) is 4.74 Å². The highest BCUT2D eigenvalue weighted by atomic mass is 32.1. The summed E-state index contributed by atoms with van der Waals surface area (Å²) < 4.78 is 19.5. The highest BCUT2D eigenvalue weighted by molar-refractivity contribution is 7.12. The number of halogens is 1. The third kappa shape index (κ3) is 6.37. The summed E-state index contributed by atoms with van der Waals surface area (Å²) in [4.78, 5) is 45.3. The highest BCUT2D eigenvalue weighted by Gasteiger charge is 2.26. The van der Waals surface area contributed by atoms with Gasteiger partial charge in [-0.25, -0.2) is 9.18 Å². The van der Waals surface area contributed by atoms with Crippen LogP contribution in [0, 0.1) is 5.82 Å². The Morgan fingerprint density at radius 3 is 2.44 bits per heavy atom. The molecule has 0 aliphatic carbocycles. The summed E-state index contributed by atoms with van der Waals surface area (Å²) in [5, 5.41) is 7.39. The lowest BCUT2D eigenvalue weighted by molar-refractivity contribution is 0.0303. The Balaban J connectivity index is 1.34. The van der Waals surface area contributed by atoms with Crippen molar-refractivity contribution < 1.29 is 23.5 Å². The maximum Gasteiger partial charge on any atom is 0.321 e. The van der Waals surface area contributed by atoms with Gasteiger partial charge in [0.1, 0.15) is 5.82 Å². The summed E-state index contributed by atoms with van der Waals surface area (Å²) in [5.74, 6) is -0.840. The number of rotatable bonds is 5. The van der Waals surface area contributed by atoms with Gasteiger partial charge in [-0.2, -0.15) is 0 Å². The van der Waals surface area contributed by atoms with Crippen molar-refractivity contribution in [2.75, 3.05) is 68.0 Å². The van der Waals surface area contributed by atoms with Crippen LogP contribution in [0.3, 0.4) is 0 Å². The first-order valence-electron chi connectivity index (χ1n) is 12.9. The zero-order chi connectivity index (χ0) is 27.2. The van der Waals surface area contributed by atoms with Crippen molar-refractivity contribution in [3.8, 4) is 0 Å². The van der Waals surface area contributed by atoms with Gasteiger partial charge in [0.05, 0.1) is 29.3 Å². The molecule has 0 saturated carbocycles. The maximum atomic E-state index is 14.0. The third-order valence-electron chi connectivity index (χ3n) is 6.77. The molecule has 0 spiro atoms. The number of urea groups is 1. The van der Waals surface area contributed by atoms with E-state index in [4.69, 9.17) is 4.74 Å². The number of carbonyl (C=O) groups excluding carboxylic acids is 3. The minimum absolute atomic E-state index is 0.126. The molecule has 3 heterocycles. The van der Waals surface area contributed by atoms with Crippen LogP contribution in [0.2, 0.25) is 0 Å². The van der Waals surface area contributed by atoms with Gasteiger partial charge < -0.3 is 30.1 Å². The van der Waals surface area contributed by atoms with Crippen molar-refractivity contribution in [1.82, 2.24) is 9.80 Å². The van der Waals surface area contributed by atoms with E-state index in [0.717, 1.165) is 5.69 Å². The number of ether oxygens (including phenoxy) is 1. The standard InChI is InChI=1S/C28H30FN5O4S/c29-22-5-1-2-6-23(22)31-28(37)34-11-4-10-32(12-13-34)24-9-8-20(30-26(35)25-7-3-18-39-25)19-21(24)27(36)33-14-16-38-17-15-33/h1-3,5-9,18-19H,4,10-17H2,(H,30,35)(H,31,37). The van der Waals surface area contributed by atoms with E-state index in [-0.39, 0.29) is 23.5 Å². The second-order valence-electron chi connectivity index (χ2n) is 9.31. The SMILES string of the molecule is O=C(Nc1ccc(N2CCCN(C(=O)Nc3ccccc3F)CC2)c(C(=O)N2CCOCC2)c1)c1cccs1. The van der Waals surface area contributed by atoms with Crippen LogP contribution in [0.1, 0.15) is 26.5 Å². The number of thiophene rings is 1. The molecule has 0 unspecified atom stereocenters. The molecule has 4 amide bonds. The van der Waals surface area contributed by atoms with Gasteiger partial charge in [0.25, 0.3) is 11.8 Å². The lowest BCUT2D eigenvalue weighted by atomic mass is 10.1. The number of para-hydroxylation sites is 1. The number of nitrogens with one attached hydrogen (secondary N) is 2. The topological polar surface area (TPSA) is 94.2 Å². The average molecular weight is 552 g/mol. The smallest absolute Gasteiger partial charge is 0.321 e. The van der Waals surface area contributed by atoms with Crippen molar-refractivity contribution in [3.05, 3.63) is 76.2 Å². The van der Waals surface area contributed by atoms with Crippen LogP contribution in [0.4, 0.5) is 26.2 Å². The van der Waals surface area contributed by atoms with E-state index in [0.29, 0.717) is 75.0 Å². The molecule has 2 aliphatic rings. The van der Waals surface area contributed by atoms with E-state index in [1.54, 1.807) is 40.1 Å². The fraction of sp³-hybridized carbons (Fsp3) is 0.321. The molecule has 2 fully saturated rings. The van der Waals surface area contributed by atoms with Gasteiger partial charge in [0.2, 0.25) is 0 Å². The Bertz CT molecular complexity index is 1330. The second-order valence-corrected chi connectivity index (χ2v) is 10.3. The van der Waals surface area contributed by atoms with E-state index < -0.39 is 5.82 Å². The minimum Gasteiger partial charge on any atom is -0.378 e. The van der Waals surface area contributed by atoms with Crippen LogP contribution in [-0.4, -0.2) is 80.1 Å². The number of morpholine rings is 1. The summed E-state index contributed by atoms with van der Waals surface area (Å²) in [6.45, 7) is 3.98. The lowest BCUT2D eigenvalue weighted by Gasteiger charge is -2.30. The first-order valence-corrected chi connectivity index (χ1v) is 13.8. The average Bonchev–Trinajstić information content (AvgIpc) is 3.39. The Kier molecular flexibility index (Phi) is 8.38. The molecule has 204 valence electrons. The van der Waals surface area contributed by atoms with Gasteiger partial charge in [-0.15, -0.1) is 11.3 Å². The summed E-state index contributed by atoms with van der Waals surface area (Å²) in [6, 6.07) is 14.7. The predicted octanol–water partition coefficient (Wildman–Crippen LogP) is 4.36. The number of benzene rings is 2. The van der Waals surface area contributed by atoms with Crippen LogP contribution in [0.25, 0.3) is 0 Å². The summed E-state index contributed by atoms with van der Waals surface area (Å²) in [6.07, 6.45) is 0.673. The van der Waals surface area contributed by atoms with E-state index in [9.17, 15) is 18.8 Å². The van der Waals surface area contributed by atoms with Gasteiger partial charge in [0.15, 0.2) is 0 Å². The predicted molar refractivity (Wildman–Crippen MR) is 149 cm³/mol. The zero-order valence-corrected chi connectivity index (χ0v) is 22.2. The number of carbonyl (C=O) groups is 3. The Labute approximate surface area is 230 Å². The molecule has 3 aromatic rings. The van der Waals surface area contributed by atoms with Crippen LogP contribution >= 0.6 is 11.3 Å². The maximum absolute atomic E-state index is 14.0. The van der Waals surface area contributed by atoms with Gasteiger partial charge in [-0.05, 0) is 48.2 Å². The molecule has 0 bridgehead atoms. The monoisotopic (exact) mass is 551 g/mol. The number of amides is 4. The van der Waals surface area contributed by atoms with Crippen LogP contribution in [0.5, 0.6) is 0 Å². The molecule has 9 nitrogen and oxygen atoms in total. The number of anilines is 3.